The third-order valence-corrected chi connectivity index (χ3v) is 6.40. The number of carbonyl (C=O) groups excluding carboxylic acids is 1. The Bertz CT molecular complexity index is 663. The topological polar surface area (TPSA) is 72.2 Å². The van der Waals surface area contributed by atoms with Crippen molar-refractivity contribution in [3.63, 3.8) is 0 Å². The Morgan fingerprint density at radius 2 is 1.79 bits per heavy atom. The largest absolute Gasteiger partial charge is 0.326 e. The summed E-state index contributed by atoms with van der Waals surface area (Å²) in [5.41, 5.74) is 1.71. The summed E-state index contributed by atoms with van der Waals surface area (Å²) in [7, 11) is 0. The van der Waals surface area contributed by atoms with Crippen molar-refractivity contribution in [2.45, 2.75) is 51.9 Å². The molecule has 0 radical (unpaired) electrons. The zero-order chi connectivity index (χ0) is 16.9. The van der Waals surface area contributed by atoms with Crippen molar-refractivity contribution in [1.82, 2.24) is 0 Å². The smallest absolute Gasteiger partial charge is 0.269 e. The number of nitrogens with one attached hydrogen (secondary N) is 1. The monoisotopic (exact) mass is 328 g/mol. The van der Waals surface area contributed by atoms with E-state index in [1.807, 2.05) is 0 Å². The highest BCUT2D eigenvalue weighted by Gasteiger charge is 2.51. The highest BCUT2D eigenvalue weighted by molar-refractivity contribution is 5.92. The lowest BCUT2D eigenvalue weighted by atomic mass is 9.49. The Morgan fingerprint density at radius 3 is 2.29 bits per heavy atom. The number of hydrogen-bond acceptors (Lipinski definition) is 3. The van der Waals surface area contributed by atoms with Gasteiger partial charge in [-0.1, -0.05) is 0 Å². The maximum atomic E-state index is 12.6. The minimum Gasteiger partial charge on any atom is -0.326 e. The van der Waals surface area contributed by atoms with Crippen LogP contribution in [-0.2, 0) is 4.79 Å². The summed E-state index contributed by atoms with van der Waals surface area (Å²) in [5, 5.41) is 13.8. The van der Waals surface area contributed by atoms with E-state index >= 15 is 0 Å². The number of nitrogens with zero attached hydrogens (tertiary/aromatic N) is 1. The number of hydrogen-bond donors (Lipinski definition) is 1. The van der Waals surface area contributed by atoms with Gasteiger partial charge < -0.3 is 5.32 Å². The van der Waals surface area contributed by atoms with Gasteiger partial charge in [0.05, 0.1) is 4.92 Å². The van der Waals surface area contributed by atoms with Crippen molar-refractivity contribution in [2.75, 3.05) is 5.32 Å². The second-order valence-corrected chi connectivity index (χ2v) is 8.40. The van der Waals surface area contributed by atoms with Gasteiger partial charge in [0, 0.05) is 24.2 Å². The summed E-state index contributed by atoms with van der Waals surface area (Å²) in [4.78, 5) is 23.0. The summed E-state index contributed by atoms with van der Waals surface area (Å²) in [5.74, 6) is 2.58. The molecule has 1 N–H and O–H groups in total. The van der Waals surface area contributed by atoms with Gasteiger partial charge in [0.1, 0.15) is 0 Å². The maximum absolute atomic E-state index is 12.6. The number of rotatable bonds is 4. The number of benzene rings is 1. The molecular formula is C19H24N2O3. The second kappa shape index (κ2) is 5.57. The molecule has 0 atom stereocenters. The van der Waals surface area contributed by atoms with Crippen LogP contribution in [0.3, 0.4) is 0 Å². The van der Waals surface area contributed by atoms with Crippen LogP contribution in [0.2, 0.25) is 0 Å². The minimum atomic E-state index is -0.409. The van der Waals surface area contributed by atoms with Gasteiger partial charge >= 0.3 is 0 Å². The fourth-order valence-corrected chi connectivity index (χ4v) is 5.94. The van der Waals surface area contributed by atoms with Gasteiger partial charge in [0.2, 0.25) is 5.91 Å². The number of aryl methyl sites for hydroxylation is 1. The molecule has 0 aromatic heterocycles. The first-order chi connectivity index (χ1) is 11.4. The number of non-ortho nitro benzene ring substituents is 1. The lowest BCUT2D eigenvalue weighted by Gasteiger charge is -2.56. The molecule has 5 nitrogen and oxygen atoms in total. The van der Waals surface area contributed by atoms with Gasteiger partial charge in [-0.2, -0.15) is 0 Å². The lowest BCUT2D eigenvalue weighted by molar-refractivity contribution is -0.384. The van der Waals surface area contributed by atoms with Crippen molar-refractivity contribution < 1.29 is 9.72 Å². The predicted molar refractivity (Wildman–Crippen MR) is 91.7 cm³/mol. The van der Waals surface area contributed by atoms with Crippen molar-refractivity contribution in [2.24, 2.45) is 23.2 Å². The van der Waals surface area contributed by atoms with E-state index in [-0.39, 0.29) is 17.0 Å². The molecule has 1 aromatic rings. The Morgan fingerprint density at radius 1 is 1.21 bits per heavy atom. The Kier molecular flexibility index (Phi) is 3.62. The van der Waals surface area contributed by atoms with Gasteiger partial charge in [-0.05, 0) is 80.2 Å². The lowest BCUT2D eigenvalue weighted by Crippen LogP contribution is -2.47. The summed E-state index contributed by atoms with van der Waals surface area (Å²) in [6, 6.07) is 4.61. The average Bonchev–Trinajstić information content (AvgIpc) is 2.47. The number of nitro benzene ring substituents is 1. The Balaban J connectivity index is 1.45. The predicted octanol–water partition coefficient (Wildman–Crippen LogP) is 4.45. The van der Waals surface area contributed by atoms with Crippen molar-refractivity contribution in [3.05, 3.63) is 33.9 Å². The third kappa shape index (κ3) is 2.80. The van der Waals surface area contributed by atoms with E-state index in [9.17, 15) is 14.9 Å². The van der Waals surface area contributed by atoms with Crippen LogP contribution in [0.5, 0.6) is 0 Å². The molecule has 4 aliphatic rings. The quantitative estimate of drug-likeness (QED) is 0.655. The number of amides is 1. The summed E-state index contributed by atoms with van der Waals surface area (Å²) in [6.45, 7) is 1.80. The molecule has 0 aliphatic heterocycles. The van der Waals surface area contributed by atoms with Crippen molar-refractivity contribution in [1.29, 1.82) is 0 Å². The molecule has 4 fully saturated rings. The molecule has 4 aliphatic carbocycles. The molecule has 5 heteroatoms. The Labute approximate surface area is 142 Å². The zero-order valence-corrected chi connectivity index (χ0v) is 14.1. The van der Waals surface area contributed by atoms with E-state index in [2.05, 4.69) is 5.32 Å². The first-order valence-electron chi connectivity index (χ1n) is 8.97. The molecule has 5 rings (SSSR count). The minimum absolute atomic E-state index is 0.0617. The van der Waals surface area contributed by atoms with Crippen LogP contribution in [-0.4, -0.2) is 10.8 Å². The average molecular weight is 328 g/mol. The van der Waals surface area contributed by atoms with Crippen molar-refractivity contribution >= 4 is 17.3 Å². The van der Waals surface area contributed by atoms with Crippen LogP contribution in [0.1, 0.15) is 50.5 Å². The standard InChI is InChI=1S/C19H24N2O3/c1-12-4-16(21(23)24)2-3-17(12)20-18(22)11-19-8-13-5-14(9-19)7-15(6-13)10-19/h2-4,13-15H,5-11H2,1H3,(H,20,22). The van der Waals surface area contributed by atoms with Gasteiger partial charge in [-0.25, -0.2) is 0 Å². The highest BCUT2D eigenvalue weighted by atomic mass is 16.6. The molecule has 24 heavy (non-hydrogen) atoms. The van der Waals surface area contributed by atoms with E-state index in [0.717, 1.165) is 23.3 Å². The Hall–Kier alpha value is -1.91. The van der Waals surface area contributed by atoms with E-state index < -0.39 is 4.92 Å². The van der Waals surface area contributed by atoms with Crippen LogP contribution in [0, 0.1) is 40.2 Å². The number of carbonyl (C=O) groups is 1. The zero-order valence-electron chi connectivity index (χ0n) is 14.1. The van der Waals surface area contributed by atoms with Crippen LogP contribution in [0.25, 0.3) is 0 Å². The van der Waals surface area contributed by atoms with Gasteiger partial charge in [-0.15, -0.1) is 0 Å². The molecule has 0 spiro atoms. The van der Waals surface area contributed by atoms with Crippen molar-refractivity contribution in [3.8, 4) is 0 Å². The molecule has 1 aromatic carbocycles. The van der Waals surface area contributed by atoms with E-state index in [0.29, 0.717) is 12.1 Å². The van der Waals surface area contributed by atoms with E-state index in [1.165, 1.54) is 50.7 Å². The molecule has 128 valence electrons. The molecule has 4 saturated carbocycles. The van der Waals surface area contributed by atoms with E-state index in [1.54, 1.807) is 13.0 Å². The first kappa shape index (κ1) is 15.6. The number of anilines is 1. The number of nitro groups is 1. The molecule has 0 unspecified atom stereocenters. The molecule has 4 bridgehead atoms. The molecule has 0 heterocycles. The summed E-state index contributed by atoms with van der Waals surface area (Å²) >= 11 is 0. The summed E-state index contributed by atoms with van der Waals surface area (Å²) < 4.78 is 0. The van der Waals surface area contributed by atoms with Gasteiger partial charge in [0.25, 0.3) is 5.69 Å². The van der Waals surface area contributed by atoms with Crippen LogP contribution < -0.4 is 5.32 Å². The normalized spacial score (nSPS) is 33.5. The fourth-order valence-electron chi connectivity index (χ4n) is 5.94. The molecule has 1 amide bonds. The molecule has 0 saturated heterocycles. The van der Waals surface area contributed by atoms with Gasteiger partial charge in [0.15, 0.2) is 0 Å². The first-order valence-corrected chi connectivity index (χ1v) is 8.97. The second-order valence-electron chi connectivity index (χ2n) is 8.40. The fraction of sp³-hybridized carbons (Fsp3) is 0.632. The SMILES string of the molecule is Cc1cc([N+](=O)[O-])ccc1NC(=O)CC12CC3CC(CC(C3)C1)C2. The van der Waals surface area contributed by atoms with Crippen LogP contribution in [0.4, 0.5) is 11.4 Å². The van der Waals surface area contributed by atoms with Crippen LogP contribution >= 0.6 is 0 Å². The van der Waals surface area contributed by atoms with Gasteiger partial charge in [-0.3, -0.25) is 14.9 Å². The third-order valence-electron chi connectivity index (χ3n) is 6.40. The van der Waals surface area contributed by atoms with Crippen LogP contribution in [0.15, 0.2) is 18.2 Å². The molecular weight excluding hydrogens is 304 g/mol. The summed E-state index contributed by atoms with van der Waals surface area (Å²) in [6.07, 6.45) is 8.38. The van der Waals surface area contributed by atoms with E-state index in [4.69, 9.17) is 0 Å². The highest BCUT2D eigenvalue weighted by Crippen LogP contribution is 2.61. The maximum Gasteiger partial charge on any atom is 0.269 e.